The average molecular weight is 332 g/mol. The van der Waals surface area contributed by atoms with E-state index in [0.717, 1.165) is 17.0 Å². The van der Waals surface area contributed by atoms with E-state index in [-0.39, 0.29) is 18.6 Å². The molecule has 122 valence electrons. The smallest absolute Gasteiger partial charge is 0.350 e. The number of aryl methyl sites for hydroxylation is 1. The summed E-state index contributed by atoms with van der Waals surface area (Å²) in [5.74, 6) is -0.806. The van der Waals surface area contributed by atoms with Gasteiger partial charge in [-0.1, -0.05) is 37.3 Å². The number of amides is 1. The minimum absolute atomic E-state index is 0.0658. The third-order valence-electron chi connectivity index (χ3n) is 3.36. The number of thiazole rings is 1. The minimum atomic E-state index is -0.513. The van der Waals surface area contributed by atoms with Gasteiger partial charge in [-0.05, 0) is 20.3 Å². The lowest BCUT2D eigenvalue weighted by atomic mass is 10.2. The number of carbonyl (C=O) groups excluding carboxylic acids is 2. The molecule has 23 heavy (non-hydrogen) atoms. The molecule has 0 aliphatic heterocycles. The summed E-state index contributed by atoms with van der Waals surface area (Å²) < 4.78 is 5.08. The quantitative estimate of drug-likeness (QED) is 0.825. The molecule has 1 aromatic heterocycles. The summed E-state index contributed by atoms with van der Waals surface area (Å²) in [7, 11) is 0. The molecule has 6 heteroatoms. The van der Waals surface area contributed by atoms with Gasteiger partial charge in [-0.3, -0.25) is 4.79 Å². The van der Waals surface area contributed by atoms with Crippen LogP contribution in [0.4, 0.5) is 0 Å². The van der Waals surface area contributed by atoms with Gasteiger partial charge in [0.25, 0.3) is 5.91 Å². The number of aromatic nitrogens is 1. The fourth-order valence-electron chi connectivity index (χ4n) is 1.91. The van der Waals surface area contributed by atoms with Crippen molar-refractivity contribution in [2.45, 2.75) is 33.2 Å². The molecule has 0 spiro atoms. The molecule has 1 heterocycles. The van der Waals surface area contributed by atoms with Crippen molar-refractivity contribution in [3.05, 3.63) is 40.9 Å². The highest BCUT2D eigenvalue weighted by Crippen LogP contribution is 2.28. The van der Waals surface area contributed by atoms with Crippen LogP contribution >= 0.6 is 11.3 Å². The average Bonchev–Trinajstić information content (AvgIpc) is 2.95. The fourth-order valence-corrected chi connectivity index (χ4v) is 2.87. The van der Waals surface area contributed by atoms with Gasteiger partial charge in [-0.25, -0.2) is 9.78 Å². The van der Waals surface area contributed by atoms with Crippen LogP contribution in [-0.4, -0.2) is 29.5 Å². The van der Waals surface area contributed by atoms with E-state index in [1.54, 1.807) is 6.92 Å². The summed E-state index contributed by atoms with van der Waals surface area (Å²) in [5.41, 5.74) is 1.57. The molecule has 0 radical (unpaired) electrons. The van der Waals surface area contributed by atoms with Gasteiger partial charge in [-0.2, -0.15) is 0 Å². The van der Waals surface area contributed by atoms with Crippen LogP contribution in [0.2, 0.25) is 0 Å². The summed E-state index contributed by atoms with van der Waals surface area (Å²) >= 11 is 1.27. The summed E-state index contributed by atoms with van der Waals surface area (Å²) in [4.78, 5) is 28.6. The molecule has 2 aromatic rings. The number of hydrogen-bond donors (Lipinski definition) is 1. The summed E-state index contributed by atoms with van der Waals surface area (Å²) in [5, 5.41) is 3.52. The van der Waals surface area contributed by atoms with E-state index in [0.29, 0.717) is 10.6 Å². The molecule has 0 aliphatic rings. The van der Waals surface area contributed by atoms with Crippen LogP contribution in [0.1, 0.15) is 35.6 Å². The van der Waals surface area contributed by atoms with Crippen molar-refractivity contribution in [1.82, 2.24) is 10.3 Å². The number of nitrogens with one attached hydrogen (secondary N) is 1. The Balaban J connectivity index is 2.00. The fraction of sp³-hybridized carbons (Fsp3) is 0.353. The molecule has 1 amide bonds. The molecule has 0 saturated carbocycles. The first-order chi connectivity index (χ1) is 11.0. The Kier molecular flexibility index (Phi) is 5.87. The van der Waals surface area contributed by atoms with Gasteiger partial charge < -0.3 is 10.1 Å². The predicted octanol–water partition coefficient (Wildman–Crippen LogP) is 3.19. The van der Waals surface area contributed by atoms with Crippen molar-refractivity contribution < 1.29 is 14.3 Å². The second kappa shape index (κ2) is 7.87. The van der Waals surface area contributed by atoms with Gasteiger partial charge in [0.15, 0.2) is 6.61 Å². The topological polar surface area (TPSA) is 68.3 Å². The van der Waals surface area contributed by atoms with Crippen LogP contribution in [-0.2, 0) is 9.53 Å². The van der Waals surface area contributed by atoms with E-state index in [4.69, 9.17) is 4.74 Å². The van der Waals surface area contributed by atoms with Crippen molar-refractivity contribution in [1.29, 1.82) is 0 Å². The molecule has 0 aliphatic carbocycles. The highest BCUT2D eigenvalue weighted by molar-refractivity contribution is 7.17. The maximum Gasteiger partial charge on any atom is 0.350 e. The standard InChI is InChI=1S/C17H20N2O3S/c1-4-11(2)18-14(20)10-22-17(21)15-12(3)19-16(23-15)13-8-6-5-7-9-13/h5-9,11H,4,10H2,1-3H3,(H,18,20). The van der Waals surface area contributed by atoms with E-state index in [1.165, 1.54) is 11.3 Å². The third-order valence-corrected chi connectivity index (χ3v) is 4.54. The lowest BCUT2D eigenvalue weighted by molar-refractivity contribution is -0.124. The Bertz CT molecular complexity index is 682. The molecule has 1 N–H and O–H groups in total. The molecule has 1 atom stereocenters. The predicted molar refractivity (Wildman–Crippen MR) is 90.5 cm³/mol. The minimum Gasteiger partial charge on any atom is -0.451 e. The first kappa shape index (κ1) is 17.1. The zero-order valence-corrected chi connectivity index (χ0v) is 14.3. The van der Waals surface area contributed by atoms with Crippen molar-refractivity contribution in [3.8, 4) is 10.6 Å². The SMILES string of the molecule is CCC(C)NC(=O)COC(=O)c1sc(-c2ccccc2)nc1C. The van der Waals surface area contributed by atoms with Gasteiger partial charge in [0.2, 0.25) is 0 Å². The molecule has 0 fully saturated rings. The maximum absolute atomic E-state index is 12.1. The number of rotatable bonds is 6. The monoisotopic (exact) mass is 332 g/mol. The molecular weight excluding hydrogens is 312 g/mol. The Morgan fingerprint density at radius 2 is 2.00 bits per heavy atom. The van der Waals surface area contributed by atoms with Crippen LogP contribution in [0, 0.1) is 6.92 Å². The van der Waals surface area contributed by atoms with E-state index in [1.807, 2.05) is 44.2 Å². The van der Waals surface area contributed by atoms with Crippen LogP contribution < -0.4 is 5.32 Å². The lowest BCUT2D eigenvalue weighted by Gasteiger charge is -2.11. The largest absolute Gasteiger partial charge is 0.451 e. The Morgan fingerprint density at radius 1 is 1.30 bits per heavy atom. The van der Waals surface area contributed by atoms with Gasteiger partial charge in [-0.15, -0.1) is 11.3 Å². The van der Waals surface area contributed by atoms with Gasteiger partial charge >= 0.3 is 5.97 Å². The highest BCUT2D eigenvalue weighted by Gasteiger charge is 2.18. The third kappa shape index (κ3) is 4.63. The Labute approximate surface area is 139 Å². The number of ether oxygens (including phenoxy) is 1. The Morgan fingerprint density at radius 3 is 2.65 bits per heavy atom. The molecule has 0 bridgehead atoms. The molecular formula is C17H20N2O3S. The lowest BCUT2D eigenvalue weighted by Crippen LogP contribution is -2.35. The number of nitrogens with zero attached hydrogens (tertiary/aromatic N) is 1. The summed E-state index contributed by atoms with van der Waals surface area (Å²) in [6.45, 7) is 5.36. The van der Waals surface area contributed by atoms with E-state index < -0.39 is 5.97 Å². The van der Waals surface area contributed by atoms with Crippen molar-refractivity contribution >= 4 is 23.2 Å². The first-order valence-corrected chi connectivity index (χ1v) is 8.32. The first-order valence-electron chi connectivity index (χ1n) is 7.50. The van der Waals surface area contributed by atoms with Gasteiger partial charge in [0.1, 0.15) is 9.88 Å². The number of esters is 1. The van der Waals surface area contributed by atoms with Crippen LogP contribution in [0.15, 0.2) is 30.3 Å². The van der Waals surface area contributed by atoms with E-state index in [2.05, 4.69) is 10.3 Å². The second-order valence-electron chi connectivity index (χ2n) is 5.25. The zero-order valence-electron chi connectivity index (χ0n) is 13.5. The van der Waals surface area contributed by atoms with Crippen molar-refractivity contribution in [3.63, 3.8) is 0 Å². The maximum atomic E-state index is 12.1. The summed E-state index contributed by atoms with van der Waals surface area (Å²) in [6, 6.07) is 9.71. The number of benzene rings is 1. The van der Waals surface area contributed by atoms with Crippen molar-refractivity contribution in [2.75, 3.05) is 6.61 Å². The molecule has 1 unspecified atom stereocenters. The van der Waals surface area contributed by atoms with E-state index in [9.17, 15) is 9.59 Å². The number of carbonyl (C=O) groups is 2. The van der Waals surface area contributed by atoms with E-state index >= 15 is 0 Å². The Hall–Kier alpha value is -2.21. The highest BCUT2D eigenvalue weighted by atomic mass is 32.1. The van der Waals surface area contributed by atoms with Crippen LogP contribution in [0.5, 0.6) is 0 Å². The van der Waals surface area contributed by atoms with Gasteiger partial charge in [0, 0.05) is 11.6 Å². The van der Waals surface area contributed by atoms with Crippen LogP contribution in [0.25, 0.3) is 10.6 Å². The second-order valence-corrected chi connectivity index (χ2v) is 6.25. The molecule has 1 aromatic carbocycles. The zero-order chi connectivity index (χ0) is 16.8. The normalized spacial score (nSPS) is 11.8. The molecule has 2 rings (SSSR count). The van der Waals surface area contributed by atoms with Crippen molar-refractivity contribution in [2.24, 2.45) is 0 Å². The molecule has 0 saturated heterocycles. The molecule has 5 nitrogen and oxygen atoms in total. The summed E-state index contributed by atoms with van der Waals surface area (Å²) in [6.07, 6.45) is 0.827. The van der Waals surface area contributed by atoms with Crippen LogP contribution in [0.3, 0.4) is 0 Å². The number of hydrogen-bond acceptors (Lipinski definition) is 5. The van der Waals surface area contributed by atoms with Gasteiger partial charge in [0.05, 0.1) is 5.69 Å².